The van der Waals surface area contributed by atoms with E-state index in [4.69, 9.17) is 16.3 Å². The zero-order valence-corrected chi connectivity index (χ0v) is 14.7. The van der Waals surface area contributed by atoms with Gasteiger partial charge in [-0.1, -0.05) is 23.7 Å². The minimum atomic E-state index is -0.553. The molecule has 2 aromatic carbocycles. The number of rotatable bonds is 7. The first-order valence-electron chi connectivity index (χ1n) is 7.63. The van der Waals surface area contributed by atoms with Gasteiger partial charge in [-0.25, -0.2) is 8.78 Å². The van der Waals surface area contributed by atoms with Crippen molar-refractivity contribution in [2.75, 3.05) is 27.2 Å². The molecular formula is C18H19ClF2N2O2. The second kappa shape index (κ2) is 8.78. The van der Waals surface area contributed by atoms with Crippen LogP contribution in [0.15, 0.2) is 42.5 Å². The molecule has 134 valence electrons. The molecule has 0 bridgehead atoms. The van der Waals surface area contributed by atoms with Gasteiger partial charge in [-0.05, 0) is 43.9 Å². The molecule has 4 nitrogen and oxygen atoms in total. The summed E-state index contributed by atoms with van der Waals surface area (Å²) in [6.45, 7) is 0.0636. The van der Waals surface area contributed by atoms with Gasteiger partial charge in [0.05, 0.1) is 11.1 Å². The third kappa shape index (κ3) is 5.69. The molecule has 0 saturated carbocycles. The molecule has 0 fully saturated rings. The van der Waals surface area contributed by atoms with Crippen LogP contribution >= 0.6 is 11.6 Å². The number of amides is 1. The van der Waals surface area contributed by atoms with E-state index in [0.29, 0.717) is 12.3 Å². The molecule has 2 rings (SSSR count). The molecule has 2 aromatic rings. The topological polar surface area (TPSA) is 41.6 Å². The van der Waals surface area contributed by atoms with Crippen LogP contribution < -0.4 is 10.1 Å². The lowest BCUT2D eigenvalue weighted by atomic mass is 10.1. The smallest absolute Gasteiger partial charge is 0.258 e. The summed E-state index contributed by atoms with van der Waals surface area (Å²) < 4.78 is 31.8. The average molecular weight is 369 g/mol. The lowest BCUT2D eigenvalue weighted by molar-refractivity contribution is -0.123. The number of ether oxygens (including phenoxy) is 1. The van der Waals surface area contributed by atoms with Crippen molar-refractivity contribution in [2.45, 2.75) is 6.04 Å². The Labute approximate surface area is 150 Å². The maximum Gasteiger partial charge on any atom is 0.258 e. The zero-order valence-electron chi connectivity index (χ0n) is 13.9. The molecule has 0 aliphatic rings. The maximum atomic E-state index is 13.4. The van der Waals surface area contributed by atoms with Crippen LogP contribution in [0.1, 0.15) is 11.6 Å². The number of likely N-dealkylation sites (N-methyl/N-ethyl adjacent to an activating group) is 1. The predicted molar refractivity (Wildman–Crippen MR) is 92.7 cm³/mol. The molecule has 1 N–H and O–H groups in total. The Kier molecular flexibility index (Phi) is 6.73. The molecule has 1 atom stereocenters. The van der Waals surface area contributed by atoms with Crippen molar-refractivity contribution in [3.63, 3.8) is 0 Å². The number of nitrogens with one attached hydrogen (secondary N) is 1. The highest BCUT2D eigenvalue weighted by molar-refractivity contribution is 6.30. The molecule has 0 aliphatic heterocycles. The summed E-state index contributed by atoms with van der Waals surface area (Å²) >= 11 is 5.66. The monoisotopic (exact) mass is 368 g/mol. The molecule has 0 heterocycles. The number of carbonyl (C=O) groups is 1. The molecule has 0 aromatic heterocycles. The fourth-order valence-corrected chi connectivity index (χ4v) is 2.46. The van der Waals surface area contributed by atoms with Crippen LogP contribution in [0.25, 0.3) is 0 Å². The van der Waals surface area contributed by atoms with Crippen molar-refractivity contribution in [3.05, 3.63) is 64.7 Å². The molecule has 0 radical (unpaired) electrons. The minimum absolute atomic E-state index is 0.0725. The first-order valence-corrected chi connectivity index (χ1v) is 8.01. The van der Waals surface area contributed by atoms with E-state index < -0.39 is 5.82 Å². The number of carbonyl (C=O) groups excluding carboxylic acids is 1. The summed E-state index contributed by atoms with van der Waals surface area (Å²) in [7, 11) is 3.69. The Hall–Kier alpha value is -2.18. The molecular weight excluding hydrogens is 350 g/mol. The number of hydrogen-bond acceptors (Lipinski definition) is 3. The van der Waals surface area contributed by atoms with Gasteiger partial charge in [0.15, 0.2) is 6.61 Å². The second-order valence-corrected chi connectivity index (χ2v) is 6.11. The molecule has 1 amide bonds. The number of hydrogen-bond donors (Lipinski definition) is 1. The van der Waals surface area contributed by atoms with E-state index in [-0.39, 0.29) is 29.4 Å². The molecule has 1 unspecified atom stereocenters. The summed E-state index contributed by atoms with van der Waals surface area (Å²) in [5.41, 5.74) is 0.761. The van der Waals surface area contributed by atoms with Gasteiger partial charge in [-0.15, -0.1) is 0 Å². The van der Waals surface area contributed by atoms with Crippen LogP contribution in [-0.2, 0) is 4.79 Å². The summed E-state index contributed by atoms with van der Waals surface area (Å²) in [4.78, 5) is 13.8. The lowest BCUT2D eigenvalue weighted by Crippen LogP contribution is -2.36. The minimum Gasteiger partial charge on any atom is -0.484 e. The third-order valence-electron chi connectivity index (χ3n) is 3.61. The standard InChI is InChI=1S/C18H19ClF2N2O2/c1-23(2)17(12-4-3-5-13(20)8-12)10-22-18(24)11-25-14-6-7-16(21)15(19)9-14/h3-9,17H,10-11H2,1-2H3,(H,22,24). The summed E-state index contributed by atoms with van der Waals surface area (Å²) in [6.07, 6.45) is 0. The van der Waals surface area contributed by atoms with Crippen LogP contribution in [0, 0.1) is 11.6 Å². The van der Waals surface area contributed by atoms with Gasteiger partial charge in [0.2, 0.25) is 0 Å². The van der Waals surface area contributed by atoms with E-state index in [1.807, 2.05) is 19.0 Å². The Morgan fingerprint density at radius 2 is 2.00 bits per heavy atom. The van der Waals surface area contributed by atoms with Gasteiger partial charge in [0.1, 0.15) is 17.4 Å². The zero-order chi connectivity index (χ0) is 18.4. The predicted octanol–water partition coefficient (Wildman–Crippen LogP) is 3.42. The van der Waals surface area contributed by atoms with Crippen LogP contribution in [0.4, 0.5) is 8.78 Å². The molecule has 0 aliphatic carbocycles. The summed E-state index contributed by atoms with van der Waals surface area (Å²) in [5.74, 6) is -0.922. The molecule has 25 heavy (non-hydrogen) atoms. The van der Waals surface area contributed by atoms with Crippen molar-refractivity contribution in [2.24, 2.45) is 0 Å². The first-order chi connectivity index (χ1) is 11.9. The van der Waals surface area contributed by atoms with Crippen LogP contribution in [0.3, 0.4) is 0 Å². The highest BCUT2D eigenvalue weighted by Gasteiger charge is 2.16. The van der Waals surface area contributed by atoms with Crippen molar-refractivity contribution in [1.29, 1.82) is 0 Å². The van der Waals surface area contributed by atoms with Crippen molar-refractivity contribution >= 4 is 17.5 Å². The van der Waals surface area contributed by atoms with E-state index in [1.165, 1.54) is 30.3 Å². The van der Waals surface area contributed by atoms with E-state index >= 15 is 0 Å². The van der Waals surface area contributed by atoms with Gasteiger partial charge in [0, 0.05) is 12.6 Å². The number of nitrogens with zero attached hydrogens (tertiary/aromatic N) is 1. The van der Waals surface area contributed by atoms with Gasteiger partial charge in [-0.3, -0.25) is 4.79 Å². The van der Waals surface area contributed by atoms with Gasteiger partial charge in [-0.2, -0.15) is 0 Å². The average Bonchev–Trinajstić information content (AvgIpc) is 2.56. The summed E-state index contributed by atoms with van der Waals surface area (Å²) in [6, 6.07) is 9.93. The van der Waals surface area contributed by atoms with Gasteiger partial charge in [0.25, 0.3) is 5.91 Å². The normalized spacial score (nSPS) is 12.1. The first kappa shape index (κ1) is 19.1. The third-order valence-corrected chi connectivity index (χ3v) is 3.90. The summed E-state index contributed by atoms with van der Waals surface area (Å²) in [5, 5.41) is 2.67. The molecule has 7 heteroatoms. The van der Waals surface area contributed by atoms with E-state index in [2.05, 4.69) is 5.32 Å². The highest BCUT2D eigenvalue weighted by Crippen LogP contribution is 2.21. The maximum absolute atomic E-state index is 13.4. The van der Waals surface area contributed by atoms with Crippen molar-refractivity contribution in [1.82, 2.24) is 10.2 Å². The largest absolute Gasteiger partial charge is 0.484 e. The number of halogens is 3. The Balaban J connectivity index is 1.89. The van der Waals surface area contributed by atoms with Crippen LogP contribution in [-0.4, -0.2) is 38.1 Å². The lowest BCUT2D eigenvalue weighted by Gasteiger charge is -2.25. The van der Waals surface area contributed by atoms with E-state index in [1.54, 1.807) is 12.1 Å². The Bertz CT molecular complexity index is 741. The fourth-order valence-electron chi connectivity index (χ4n) is 2.29. The van der Waals surface area contributed by atoms with Gasteiger partial charge >= 0.3 is 0 Å². The Morgan fingerprint density at radius 3 is 2.64 bits per heavy atom. The van der Waals surface area contributed by atoms with Crippen molar-refractivity contribution < 1.29 is 18.3 Å². The molecule has 0 saturated heterocycles. The number of benzene rings is 2. The van der Waals surface area contributed by atoms with Crippen LogP contribution in [0.5, 0.6) is 5.75 Å². The molecule has 0 spiro atoms. The Morgan fingerprint density at radius 1 is 1.24 bits per heavy atom. The van der Waals surface area contributed by atoms with E-state index in [9.17, 15) is 13.6 Å². The quantitative estimate of drug-likeness (QED) is 0.814. The van der Waals surface area contributed by atoms with Crippen LogP contribution in [0.2, 0.25) is 5.02 Å². The second-order valence-electron chi connectivity index (χ2n) is 5.70. The fraction of sp³-hybridized carbons (Fsp3) is 0.278. The highest BCUT2D eigenvalue weighted by atomic mass is 35.5. The van der Waals surface area contributed by atoms with Crippen molar-refractivity contribution in [3.8, 4) is 5.75 Å². The van der Waals surface area contributed by atoms with Gasteiger partial charge < -0.3 is 15.0 Å². The SMILES string of the molecule is CN(C)C(CNC(=O)COc1ccc(F)c(Cl)c1)c1cccc(F)c1. The van der Waals surface area contributed by atoms with E-state index in [0.717, 1.165) is 5.56 Å².